The maximum atomic E-state index is 14.5. The lowest BCUT2D eigenvalue weighted by atomic mass is 9.86. The Labute approximate surface area is 434 Å². The maximum Gasteiger partial charge on any atom is 0.251 e. The van der Waals surface area contributed by atoms with Crippen LogP contribution in [0.25, 0.3) is 66.1 Å². The topological polar surface area (TPSA) is 116 Å². The molecule has 2 atom stereocenters. The zero-order chi connectivity index (χ0) is 52.3. The van der Waals surface area contributed by atoms with E-state index in [-0.39, 0.29) is 35.7 Å². The van der Waals surface area contributed by atoms with Crippen molar-refractivity contribution in [2.45, 2.75) is 67.5 Å². The zero-order valence-corrected chi connectivity index (χ0v) is 43.3. The Bertz CT molecular complexity index is 3310. The summed E-state index contributed by atoms with van der Waals surface area (Å²) in [5.74, 6) is -0.778. The fourth-order valence-electron chi connectivity index (χ4n) is 9.34. The lowest BCUT2D eigenvalue weighted by Gasteiger charge is -2.27. The fourth-order valence-corrected chi connectivity index (χ4v) is 9.34. The average molecular weight is 975 g/mol. The maximum absolute atomic E-state index is 14.5. The molecule has 0 saturated carbocycles. The van der Waals surface area contributed by atoms with E-state index in [4.69, 9.17) is 0 Å². The summed E-state index contributed by atoms with van der Waals surface area (Å²) in [6.07, 6.45) is 0. The van der Waals surface area contributed by atoms with Crippen LogP contribution < -0.4 is 21.3 Å². The normalized spacial score (nSPS) is 12.4. The van der Waals surface area contributed by atoms with Crippen molar-refractivity contribution in [3.8, 4) is 44.5 Å². The predicted molar refractivity (Wildman–Crippen MR) is 304 cm³/mol. The fraction of sp³-hybridized carbons (Fsp3) is 0.182. The molecule has 0 radical (unpaired) electrons. The zero-order valence-electron chi connectivity index (χ0n) is 43.3. The molecule has 9 aromatic carbocycles. The molecule has 0 bridgehead atoms. The van der Waals surface area contributed by atoms with Gasteiger partial charge in [-0.2, -0.15) is 0 Å². The van der Waals surface area contributed by atoms with Crippen LogP contribution in [0.2, 0.25) is 0 Å². The molecular weight excluding hydrogens is 913 g/mol. The van der Waals surface area contributed by atoms with Crippen LogP contribution in [0.5, 0.6) is 0 Å². The lowest BCUT2D eigenvalue weighted by molar-refractivity contribution is -0.124. The second-order valence-corrected chi connectivity index (χ2v) is 21.1. The van der Waals surface area contributed by atoms with Gasteiger partial charge in [-0.1, -0.05) is 211 Å². The second kappa shape index (κ2) is 20.8. The molecule has 0 heterocycles. The van der Waals surface area contributed by atoms with Crippen LogP contribution in [0.4, 0.5) is 11.4 Å². The molecular formula is C66H62N4O4. The van der Waals surface area contributed by atoms with E-state index in [0.29, 0.717) is 22.5 Å². The third kappa shape index (κ3) is 10.6. The lowest BCUT2D eigenvalue weighted by Crippen LogP contribution is -2.31. The molecule has 0 aliphatic heterocycles. The molecule has 4 amide bonds. The summed E-state index contributed by atoms with van der Waals surface area (Å²) in [7, 11) is 0. The third-order valence-corrected chi connectivity index (χ3v) is 13.6. The first kappa shape index (κ1) is 50.3. The number of hydrogen-bond donors (Lipinski definition) is 4. The van der Waals surface area contributed by atoms with Crippen LogP contribution in [0.3, 0.4) is 0 Å². The molecule has 9 rings (SSSR count). The molecule has 8 nitrogen and oxygen atoms in total. The van der Waals surface area contributed by atoms with Crippen molar-refractivity contribution in [2.75, 3.05) is 10.6 Å². The minimum absolute atomic E-state index is 0.166. The van der Waals surface area contributed by atoms with E-state index >= 15 is 0 Å². The summed E-state index contributed by atoms with van der Waals surface area (Å²) in [5, 5.41) is 16.8. The van der Waals surface area contributed by atoms with Gasteiger partial charge in [0.2, 0.25) is 11.8 Å². The highest BCUT2D eigenvalue weighted by atomic mass is 16.2. The Morgan fingerprint density at radius 1 is 0.351 bits per heavy atom. The highest BCUT2D eigenvalue weighted by molar-refractivity contribution is 6.17. The summed E-state index contributed by atoms with van der Waals surface area (Å²) in [5.41, 5.74) is 9.30. The van der Waals surface area contributed by atoms with E-state index in [2.05, 4.69) is 69.8 Å². The van der Waals surface area contributed by atoms with Crippen LogP contribution in [-0.4, -0.2) is 23.6 Å². The summed E-state index contributed by atoms with van der Waals surface area (Å²) < 4.78 is 0. The molecule has 0 saturated heterocycles. The largest absolute Gasteiger partial charge is 0.346 e. The monoisotopic (exact) mass is 974 g/mol. The number of benzene rings is 9. The van der Waals surface area contributed by atoms with E-state index in [1.54, 1.807) is 0 Å². The summed E-state index contributed by atoms with van der Waals surface area (Å²) in [4.78, 5) is 55.9. The van der Waals surface area contributed by atoms with Crippen molar-refractivity contribution < 1.29 is 19.2 Å². The Morgan fingerprint density at radius 2 is 0.676 bits per heavy atom. The van der Waals surface area contributed by atoms with Crippen LogP contribution in [-0.2, 0) is 9.59 Å². The van der Waals surface area contributed by atoms with Crippen molar-refractivity contribution in [1.82, 2.24) is 10.6 Å². The molecule has 0 spiro atoms. The van der Waals surface area contributed by atoms with E-state index in [9.17, 15) is 19.2 Å². The molecule has 74 heavy (non-hydrogen) atoms. The standard InChI is InChI=1S/C66H62N4O4/c1-41(43-19-11-9-12-20-43)67-61(71)49-35-31-45(32-36-49)51-27-15-23-47-25-17-29-53(57(47)51)55-39-40-56(60(70-64(74)66(6,7)8)59(55)69-63(73)65(3,4)5)54-30-18-26-48-24-16-28-52(58(48)54)46-33-37-50(38-34-46)62(72)68-42(2)44-21-13-10-14-22-44/h9-42H,1-8H3,(H,67,71)(H,68,72)(H,69,73)(H,70,74). The average Bonchev–Trinajstić information content (AvgIpc) is 3.40. The predicted octanol–water partition coefficient (Wildman–Crippen LogP) is 15.6. The van der Waals surface area contributed by atoms with Gasteiger partial charge in [-0.15, -0.1) is 0 Å². The third-order valence-electron chi connectivity index (χ3n) is 13.6. The van der Waals surface area contributed by atoms with Crippen molar-refractivity contribution >= 4 is 56.5 Å². The van der Waals surface area contributed by atoms with E-state index < -0.39 is 10.8 Å². The quantitative estimate of drug-likeness (QED) is 0.0976. The van der Waals surface area contributed by atoms with Crippen molar-refractivity contribution in [1.29, 1.82) is 0 Å². The van der Waals surface area contributed by atoms with Crippen molar-refractivity contribution in [2.24, 2.45) is 10.8 Å². The van der Waals surface area contributed by atoms with Gasteiger partial charge in [0.05, 0.1) is 23.5 Å². The van der Waals surface area contributed by atoms with Crippen LogP contribution in [0.15, 0.2) is 194 Å². The summed E-state index contributed by atoms with van der Waals surface area (Å²) in [6, 6.07) is 63.4. The van der Waals surface area contributed by atoms with Gasteiger partial charge in [0.15, 0.2) is 0 Å². The van der Waals surface area contributed by atoms with E-state index in [1.807, 2.05) is 201 Å². The molecule has 2 unspecified atom stereocenters. The van der Waals surface area contributed by atoms with Gasteiger partial charge in [0.25, 0.3) is 11.8 Å². The number of carbonyl (C=O) groups is 4. The molecule has 370 valence electrons. The highest BCUT2D eigenvalue weighted by Gasteiger charge is 2.30. The van der Waals surface area contributed by atoms with Gasteiger partial charge in [-0.3, -0.25) is 19.2 Å². The van der Waals surface area contributed by atoms with Crippen LogP contribution in [0, 0.1) is 10.8 Å². The second-order valence-electron chi connectivity index (χ2n) is 21.1. The summed E-state index contributed by atoms with van der Waals surface area (Å²) >= 11 is 0. The van der Waals surface area contributed by atoms with Crippen molar-refractivity contribution in [3.05, 3.63) is 216 Å². The number of rotatable bonds is 12. The van der Waals surface area contributed by atoms with Gasteiger partial charge < -0.3 is 21.3 Å². The van der Waals surface area contributed by atoms with Gasteiger partial charge in [0.1, 0.15) is 0 Å². The molecule has 4 N–H and O–H groups in total. The molecule has 9 aromatic rings. The Morgan fingerprint density at radius 3 is 1.00 bits per heavy atom. The molecule has 0 aliphatic rings. The van der Waals surface area contributed by atoms with E-state index in [1.165, 1.54) is 0 Å². The first-order valence-electron chi connectivity index (χ1n) is 25.2. The van der Waals surface area contributed by atoms with Gasteiger partial charge in [0, 0.05) is 33.1 Å². The van der Waals surface area contributed by atoms with Crippen molar-refractivity contribution in [3.63, 3.8) is 0 Å². The number of amides is 4. The Hall–Kier alpha value is -8.62. The van der Waals surface area contributed by atoms with Gasteiger partial charge in [-0.25, -0.2) is 0 Å². The SMILES string of the molecule is CC(NC(=O)c1ccc(-c2cccc3cccc(-c4ccc(-c5cccc6cccc(-c7ccc(C(=O)NC(C)c8ccccc8)cc7)c56)c(NC(=O)C(C)(C)C)c4NC(=O)C(C)(C)C)c23)cc1)c1ccccc1. The highest BCUT2D eigenvalue weighted by Crippen LogP contribution is 2.48. The smallest absolute Gasteiger partial charge is 0.251 e. The molecule has 0 aromatic heterocycles. The Balaban J connectivity index is 1.18. The number of anilines is 2. The number of hydrogen-bond acceptors (Lipinski definition) is 4. The minimum Gasteiger partial charge on any atom is -0.346 e. The van der Waals surface area contributed by atoms with Gasteiger partial charge >= 0.3 is 0 Å². The Kier molecular flexibility index (Phi) is 14.2. The van der Waals surface area contributed by atoms with E-state index in [0.717, 1.165) is 77.2 Å². The summed E-state index contributed by atoms with van der Waals surface area (Å²) in [6.45, 7) is 15.2. The molecule has 0 fully saturated rings. The van der Waals surface area contributed by atoms with Crippen LogP contribution in [0.1, 0.15) is 99.3 Å². The first-order chi connectivity index (χ1) is 35.5. The first-order valence-corrected chi connectivity index (χ1v) is 25.2. The molecule has 8 heteroatoms. The minimum atomic E-state index is -0.801. The number of nitrogens with one attached hydrogen (secondary N) is 4. The molecule has 0 aliphatic carbocycles. The van der Waals surface area contributed by atoms with Crippen LogP contribution >= 0.6 is 0 Å². The van der Waals surface area contributed by atoms with Gasteiger partial charge in [-0.05, 0) is 104 Å². The number of fused-ring (bicyclic) bond motifs is 2. The number of carbonyl (C=O) groups excluding carboxylic acids is 4.